The van der Waals surface area contributed by atoms with E-state index in [1.807, 2.05) is 24.3 Å². The highest BCUT2D eigenvalue weighted by Gasteiger charge is 2.11. The number of hydrogen-bond acceptors (Lipinski definition) is 5. The number of imidazole rings is 1. The summed E-state index contributed by atoms with van der Waals surface area (Å²) in [4.78, 5) is 23.7. The predicted octanol–water partition coefficient (Wildman–Crippen LogP) is 3.01. The Morgan fingerprint density at radius 2 is 2.00 bits per heavy atom. The molecule has 0 radical (unpaired) electrons. The van der Waals surface area contributed by atoms with Crippen molar-refractivity contribution in [2.75, 3.05) is 11.1 Å². The van der Waals surface area contributed by atoms with Crippen LogP contribution in [0.3, 0.4) is 0 Å². The van der Waals surface area contributed by atoms with E-state index in [0.717, 1.165) is 21.3 Å². The Bertz CT molecular complexity index is 970. The number of anilines is 2. The standard InChI is InChI=1S/C15H11N5OS/c16-14-17-9-6-5-8(7-11(9)18-14)13(21)20-15-19-10-3-1-2-4-12(10)22-15/h1-7H,(H3,16,17,18)(H,19,20,21). The van der Waals surface area contributed by atoms with Crippen molar-refractivity contribution in [1.82, 2.24) is 15.0 Å². The molecule has 7 heteroatoms. The van der Waals surface area contributed by atoms with Crippen molar-refractivity contribution < 1.29 is 4.79 Å². The van der Waals surface area contributed by atoms with E-state index in [4.69, 9.17) is 5.73 Å². The minimum Gasteiger partial charge on any atom is -0.369 e. The summed E-state index contributed by atoms with van der Waals surface area (Å²) in [7, 11) is 0. The third kappa shape index (κ3) is 2.17. The van der Waals surface area contributed by atoms with Gasteiger partial charge in [-0.25, -0.2) is 9.97 Å². The van der Waals surface area contributed by atoms with Crippen LogP contribution in [0.5, 0.6) is 0 Å². The van der Waals surface area contributed by atoms with Gasteiger partial charge in [0, 0.05) is 5.56 Å². The van der Waals surface area contributed by atoms with Gasteiger partial charge >= 0.3 is 0 Å². The normalized spacial score (nSPS) is 11.1. The minimum atomic E-state index is -0.214. The molecule has 0 fully saturated rings. The maximum atomic E-state index is 12.3. The number of thiazole rings is 1. The lowest BCUT2D eigenvalue weighted by Crippen LogP contribution is -2.11. The van der Waals surface area contributed by atoms with Crippen molar-refractivity contribution in [2.24, 2.45) is 0 Å². The first-order valence-electron chi connectivity index (χ1n) is 6.61. The number of aromatic amines is 1. The van der Waals surface area contributed by atoms with Crippen LogP contribution in [0, 0.1) is 0 Å². The van der Waals surface area contributed by atoms with Crippen LogP contribution in [0.15, 0.2) is 42.5 Å². The van der Waals surface area contributed by atoms with E-state index in [1.165, 1.54) is 11.3 Å². The van der Waals surface area contributed by atoms with Gasteiger partial charge in [0.05, 0.1) is 21.3 Å². The molecule has 0 spiro atoms. The summed E-state index contributed by atoms with van der Waals surface area (Å²) < 4.78 is 1.04. The van der Waals surface area contributed by atoms with E-state index in [0.29, 0.717) is 16.6 Å². The van der Waals surface area contributed by atoms with Gasteiger partial charge in [-0.3, -0.25) is 10.1 Å². The lowest BCUT2D eigenvalue weighted by molar-refractivity contribution is 0.102. The fraction of sp³-hybridized carbons (Fsp3) is 0. The van der Waals surface area contributed by atoms with E-state index >= 15 is 0 Å². The lowest BCUT2D eigenvalue weighted by Gasteiger charge is -2.01. The molecule has 4 N–H and O–H groups in total. The monoisotopic (exact) mass is 309 g/mol. The number of nitrogens with zero attached hydrogens (tertiary/aromatic N) is 2. The van der Waals surface area contributed by atoms with Crippen LogP contribution < -0.4 is 11.1 Å². The Balaban J connectivity index is 1.64. The zero-order valence-corrected chi connectivity index (χ0v) is 12.1. The maximum absolute atomic E-state index is 12.3. The smallest absolute Gasteiger partial charge is 0.257 e. The topological polar surface area (TPSA) is 96.7 Å². The molecule has 6 nitrogen and oxygen atoms in total. The molecule has 0 saturated carbocycles. The third-order valence-corrected chi connectivity index (χ3v) is 4.23. The highest BCUT2D eigenvalue weighted by Crippen LogP contribution is 2.26. The van der Waals surface area contributed by atoms with Crippen molar-refractivity contribution in [2.45, 2.75) is 0 Å². The Hall–Kier alpha value is -2.93. The van der Waals surface area contributed by atoms with Crippen molar-refractivity contribution in [3.05, 3.63) is 48.0 Å². The Morgan fingerprint density at radius 1 is 1.14 bits per heavy atom. The van der Waals surface area contributed by atoms with Gasteiger partial charge in [0.25, 0.3) is 5.91 Å². The number of para-hydroxylation sites is 1. The molecule has 0 bridgehead atoms. The van der Waals surface area contributed by atoms with Crippen LogP contribution in [-0.4, -0.2) is 20.9 Å². The average Bonchev–Trinajstić information content (AvgIpc) is 3.07. The first-order chi connectivity index (χ1) is 10.7. The molecule has 4 aromatic rings. The number of carbonyl (C=O) groups excluding carboxylic acids is 1. The van der Waals surface area contributed by atoms with Crippen molar-refractivity contribution in [3.63, 3.8) is 0 Å². The number of nitrogen functional groups attached to an aromatic ring is 1. The van der Waals surface area contributed by atoms with Crippen LogP contribution in [0.25, 0.3) is 21.3 Å². The number of amides is 1. The second-order valence-electron chi connectivity index (χ2n) is 4.79. The number of rotatable bonds is 2. The van der Waals surface area contributed by atoms with Gasteiger partial charge in [-0.1, -0.05) is 23.5 Å². The number of benzene rings is 2. The first kappa shape index (κ1) is 12.8. The molecular formula is C15H11N5OS. The zero-order chi connectivity index (χ0) is 15.1. The molecule has 0 unspecified atom stereocenters. The van der Waals surface area contributed by atoms with Gasteiger partial charge < -0.3 is 10.7 Å². The lowest BCUT2D eigenvalue weighted by atomic mass is 10.2. The van der Waals surface area contributed by atoms with Gasteiger partial charge in [0.1, 0.15) is 0 Å². The van der Waals surface area contributed by atoms with Gasteiger partial charge in [-0.15, -0.1) is 0 Å². The molecule has 0 aliphatic rings. The molecule has 0 aliphatic carbocycles. The van der Waals surface area contributed by atoms with E-state index in [1.54, 1.807) is 18.2 Å². The van der Waals surface area contributed by atoms with Crippen LogP contribution in [-0.2, 0) is 0 Å². The van der Waals surface area contributed by atoms with Crippen LogP contribution >= 0.6 is 11.3 Å². The maximum Gasteiger partial charge on any atom is 0.257 e. The summed E-state index contributed by atoms with van der Waals surface area (Å²) in [6, 6.07) is 13.0. The molecule has 0 aliphatic heterocycles. The Labute approximate surface area is 129 Å². The highest BCUT2D eigenvalue weighted by atomic mass is 32.1. The summed E-state index contributed by atoms with van der Waals surface area (Å²) >= 11 is 1.44. The largest absolute Gasteiger partial charge is 0.369 e. The van der Waals surface area contributed by atoms with E-state index < -0.39 is 0 Å². The third-order valence-electron chi connectivity index (χ3n) is 3.28. The summed E-state index contributed by atoms with van der Waals surface area (Å²) in [5, 5.41) is 3.40. The number of aromatic nitrogens is 3. The molecule has 22 heavy (non-hydrogen) atoms. The highest BCUT2D eigenvalue weighted by molar-refractivity contribution is 7.22. The molecule has 2 aromatic carbocycles. The summed E-state index contributed by atoms with van der Waals surface area (Å²) in [6.45, 7) is 0. The summed E-state index contributed by atoms with van der Waals surface area (Å²) in [5.41, 5.74) is 8.47. The molecule has 108 valence electrons. The second kappa shape index (κ2) is 4.81. The van der Waals surface area contributed by atoms with Crippen molar-refractivity contribution in [3.8, 4) is 0 Å². The predicted molar refractivity (Wildman–Crippen MR) is 88.1 cm³/mol. The first-order valence-corrected chi connectivity index (χ1v) is 7.43. The quantitative estimate of drug-likeness (QED) is 0.530. The number of hydrogen-bond donors (Lipinski definition) is 3. The number of nitrogens with one attached hydrogen (secondary N) is 2. The molecular weight excluding hydrogens is 298 g/mol. The number of nitrogens with two attached hydrogens (primary N) is 1. The second-order valence-corrected chi connectivity index (χ2v) is 5.83. The molecule has 2 aromatic heterocycles. The molecule has 0 saturated heterocycles. The molecule has 2 heterocycles. The Kier molecular flexibility index (Phi) is 2.80. The summed E-state index contributed by atoms with van der Waals surface area (Å²) in [5.74, 6) is 0.118. The van der Waals surface area contributed by atoms with Gasteiger partial charge in [-0.2, -0.15) is 0 Å². The van der Waals surface area contributed by atoms with Crippen molar-refractivity contribution in [1.29, 1.82) is 0 Å². The van der Waals surface area contributed by atoms with Gasteiger partial charge in [-0.05, 0) is 30.3 Å². The van der Waals surface area contributed by atoms with Crippen LogP contribution in [0.4, 0.5) is 11.1 Å². The van der Waals surface area contributed by atoms with Crippen LogP contribution in [0.2, 0.25) is 0 Å². The fourth-order valence-corrected chi connectivity index (χ4v) is 3.13. The van der Waals surface area contributed by atoms with Crippen LogP contribution in [0.1, 0.15) is 10.4 Å². The molecule has 0 atom stereocenters. The van der Waals surface area contributed by atoms with E-state index in [2.05, 4.69) is 20.3 Å². The number of carbonyl (C=O) groups is 1. The number of H-pyrrole nitrogens is 1. The van der Waals surface area contributed by atoms with E-state index in [-0.39, 0.29) is 5.91 Å². The number of fused-ring (bicyclic) bond motifs is 2. The van der Waals surface area contributed by atoms with E-state index in [9.17, 15) is 4.79 Å². The van der Waals surface area contributed by atoms with Crippen molar-refractivity contribution >= 4 is 49.6 Å². The zero-order valence-electron chi connectivity index (χ0n) is 11.3. The van der Waals surface area contributed by atoms with Gasteiger partial charge in [0.15, 0.2) is 11.1 Å². The minimum absolute atomic E-state index is 0.214. The molecule has 4 rings (SSSR count). The summed E-state index contributed by atoms with van der Waals surface area (Å²) in [6.07, 6.45) is 0. The average molecular weight is 309 g/mol. The molecule has 1 amide bonds. The van der Waals surface area contributed by atoms with Gasteiger partial charge in [0.2, 0.25) is 0 Å². The SMILES string of the molecule is Nc1nc2ccc(C(=O)Nc3nc4ccccc4s3)cc2[nH]1. The Morgan fingerprint density at radius 3 is 2.86 bits per heavy atom. The fourth-order valence-electron chi connectivity index (χ4n) is 2.27.